The molecular formula is C10H14F3N3. The molecule has 0 aliphatic heterocycles. The predicted octanol–water partition coefficient (Wildman–Crippen LogP) is 2.13. The highest BCUT2D eigenvalue weighted by molar-refractivity contribution is 5.34. The van der Waals surface area contributed by atoms with E-state index < -0.39 is 11.9 Å². The second-order valence-corrected chi connectivity index (χ2v) is 4.84. The van der Waals surface area contributed by atoms with Crippen LogP contribution in [0, 0.1) is 11.3 Å². The Hall–Kier alpha value is -1.04. The molecular weight excluding hydrogens is 219 g/mol. The van der Waals surface area contributed by atoms with Gasteiger partial charge in [0.15, 0.2) is 0 Å². The Balaban J connectivity index is 2.34. The Labute approximate surface area is 91.2 Å². The SMILES string of the molecule is CC1(C)[C@@H](CN)[C@@H]1c1cn[nH]c1C(F)(F)F. The molecule has 0 saturated heterocycles. The summed E-state index contributed by atoms with van der Waals surface area (Å²) in [6.45, 7) is 4.27. The van der Waals surface area contributed by atoms with Crippen LogP contribution in [0.1, 0.15) is 31.0 Å². The first-order valence-electron chi connectivity index (χ1n) is 5.10. The Morgan fingerprint density at radius 3 is 2.56 bits per heavy atom. The normalized spacial score (nSPS) is 28.1. The maximum atomic E-state index is 12.7. The van der Waals surface area contributed by atoms with Gasteiger partial charge in [0.25, 0.3) is 0 Å². The molecule has 2 rings (SSSR count). The minimum atomic E-state index is -4.37. The molecule has 0 amide bonds. The van der Waals surface area contributed by atoms with Crippen molar-refractivity contribution in [3.63, 3.8) is 0 Å². The number of nitrogens with one attached hydrogen (secondary N) is 1. The van der Waals surface area contributed by atoms with Gasteiger partial charge in [-0.25, -0.2) is 0 Å². The quantitative estimate of drug-likeness (QED) is 0.822. The Kier molecular flexibility index (Phi) is 2.31. The first kappa shape index (κ1) is 11.4. The molecule has 1 aliphatic carbocycles. The molecule has 0 bridgehead atoms. The molecule has 2 atom stereocenters. The summed E-state index contributed by atoms with van der Waals surface area (Å²) in [6, 6.07) is 0. The van der Waals surface area contributed by atoms with Crippen LogP contribution in [0.15, 0.2) is 6.20 Å². The molecule has 90 valence electrons. The van der Waals surface area contributed by atoms with Crippen molar-refractivity contribution in [2.24, 2.45) is 17.1 Å². The van der Waals surface area contributed by atoms with Crippen molar-refractivity contribution in [2.75, 3.05) is 6.54 Å². The molecule has 1 aromatic heterocycles. The highest BCUT2D eigenvalue weighted by Gasteiger charge is 2.59. The molecule has 0 aromatic carbocycles. The Morgan fingerprint density at radius 2 is 2.12 bits per heavy atom. The van der Waals surface area contributed by atoms with Crippen LogP contribution >= 0.6 is 0 Å². The number of nitrogens with two attached hydrogens (primary N) is 1. The lowest BCUT2D eigenvalue weighted by molar-refractivity contribution is -0.141. The van der Waals surface area contributed by atoms with Crippen LogP contribution in [0.3, 0.4) is 0 Å². The third kappa shape index (κ3) is 1.52. The summed E-state index contributed by atoms with van der Waals surface area (Å²) in [6.07, 6.45) is -3.10. The fourth-order valence-electron chi connectivity index (χ4n) is 2.56. The van der Waals surface area contributed by atoms with Gasteiger partial charge >= 0.3 is 6.18 Å². The molecule has 16 heavy (non-hydrogen) atoms. The maximum absolute atomic E-state index is 12.7. The van der Waals surface area contributed by atoms with Crippen molar-refractivity contribution in [1.82, 2.24) is 10.2 Å². The lowest BCUT2D eigenvalue weighted by Gasteiger charge is -2.07. The van der Waals surface area contributed by atoms with Crippen molar-refractivity contribution in [3.8, 4) is 0 Å². The van der Waals surface area contributed by atoms with E-state index in [1.165, 1.54) is 6.20 Å². The molecule has 1 aromatic rings. The molecule has 1 saturated carbocycles. The summed E-state index contributed by atoms with van der Waals surface area (Å²) in [5.74, 6) is -0.0425. The molecule has 1 aliphatic rings. The minimum absolute atomic E-state index is 0.103. The van der Waals surface area contributed by atoms with Crippen LogP contribution in [0.4, 0.5) is 13.2 Å². The van der Waals surface area contributed by atoms with Crippen molar-refractivity contribution >= 4 is 0 Å². The Bertz CT molecular complexity index is 394. The average molecular weight is 233 g/mol. The van der Waals surface area contributed by atoms with Gasteiger partial charge in [0, 0.05) is 5.56 Å². The second-order valence-electron chi connectivity index (χ2n) is 4.84. The minimum Gasteiger partial charge on any atom is -0.330 e. The van der Waals surface area contributed by atoms with Crippen molar-refractivity contribution in [2.45, 2.75) is 25.9 Å². The van der Waals surface area contributed by atoms with E-state index in [-0.39, 0.29) is 22.8 Å². The van der Waals surface area contributed by atoms with E-state index >= 15 is 0 Å². The van der Waals surface area contributed by atoms with Crippen LogP contribution in [-0.2, 0) is 6.18 Å². The van der Waals surface area contributed by atoms with E-state index in [9.17, 15) is 13.2 Å². The summed E-state index contributed by atoms with van der Waals surface area (Å²) in [7, 11) is 0. The molecule has 0 unspecified atom stereocenters. The lowest BCUT2D eigenvalue weighted by atomic mass is 10.0. The van der Waals surface area contributed by atoms with Gasteiger partial charge in [-0.2, -0.15) is 18.3 Å². The summed E-state index contributed by atoms with van der Waals surface area (Å²) in [4.78, 5) is 0. The largest absolute Gasteiger partial charge is 0.433 e. The third-order valence-electron chi connectivity index (χ3n) is 3.59. The third-order valence-corrected chi connectivity index (χ3v) is 3.59. The highest BCUT2D eigenvalue weighted by Crippen LogP contribution is 2.64. The number of H-pyrrole nitrogens is 1. The highest BCUT2D eigenvalue weighted by atomic mass is 19.4. The zero-order valence-electron chi connectivity index (χ0n) is 9.10. The molecule has 0 radical (unpaired) electrons. The molecule has 1 heterocycles. The van der Waals surface area contributed by atoms with Crippen LogP contribution in [0.2, 0.25) is 0 Å². The van der Waals surface area contributed by atoms with Gasteiger partial charge in [0.2, 0.25) is 0 Å². The van der Waals surface area contributed by atoms with Gasteiger partial charge < -0.3 is 5.73 Å². The topological polar surface area (TPSA) is 54.7 Å². The van der Waals surface area contributed by atoms with Crippen molar-refractivity contribution < 1.29 is 13.2 Å². The number of hydrogen-bond acceptors (Lipinski definition) is 2. The zero-order chi connectivity index (χ0) is 12.1. The van der Waals surface area contributed by atoms with Crippen LogP contribution in [0.25, 0.3) is 0 Å². The van der Waals surface area contributed by atoms with Gasteiger partial charge in [-0.3, -0.25) is 5.10 Å². The van der Waals surface area contributed by atoms with Gasteiger partial charge in [0.1, 0.15) is 5.69 Å². The van der Waals surface area contributed by atoms with Crippen LogP contribution in [-0.4, -0.2) is 16.7 Å². The summed E-state index contributed by atoms with van der Waals surface area (Å²) in [5, 5.41) is 5.53. The fraction of sp³-hybridized carbons (Fsp3) is 0.700. The van der Waals surface area contributed by atoms with Gasteiger partial charge in [-0.05, 0) is 23.8 Å². The first-order chi connectivity index (χ1) is 7.30. The van der Waals surface area contributed by atoms with Gasteiger partial charge in [0.05, 0.1) is 6.20 Å². The van der Waals surface area contributed by atoms with Crippen LogP contribution < -0.4 is 5.73 Å². The van der Waals surface area contributed by atoms with Crippen molar-refractivity contribution in [3.05, 3.63) is 17.5 Å². The number of alkyl halides is 3. The first-order valence-corrected chi connectivity index (χ1v) is 5.10. The summed E-state index contributed by atoms with van der Waals surface area (Å²) in [5.41, 5.74) is 4.89. The van der Waals surface area contributed by atoms with Crippen molar-refractivity contribution in [1.29, 1.82) is 0 Å². The van der Waals surface area contributed by atoms with Gasteiger partial charge in [-0.15, -0.1) is 0 Å². The number of nitrogens with zero attached hydrogens (tertiary/aromatic N) is 1. The standard InChI is InChI=1S/C10H14F3N3/c1-9(2)6(3-14)7(9)5-4-15-16-8(5)10(11,12)13/h4,6-7H,3,14H2,1-2H3,(H,15,16)/t6-,7-/m0/s1. The second kappa shape index (κ2) is 3.23. The van der Waals surface area contributed by atoms with E-state index in [4.69, 9.17) is 5.73 Å². The summed E-state index contributed by atoms with van der Waals surface area (Å²) >= 11 is 0. The molecule has 1 fully saturated rings. The molecule has 6 heteroatoms. The summed E-state index contributed by atoms with van der Waals surface area (Å²) < 4.78 is 38.0. The number of halogens is 3. The zero-order valence-corrected chi connectivity index (χ0v) is 9.10. The molecule has 3 N–H and O–H groups in total. The lowest BCUT2D eigenvalue weighted by Crippen LogP contribution is -2.09. The van der Waals surface area contributed by atoms with E-state index in [2.05, 4.69) is 5.10 Å². The average Bonchev–Trinajstić information content (AvgIpc) is 2.57. The van der Waals surface area contributed by atoms with Crippen LogP contribution in [0.5, 0.6) is 0 Å². The number of aromatic nitrogens is 2. The van der Waals surface area contributed by atoms with E-state index in [1.807, 2.05) is 18.9 Å². The number of aromatic amines is 1. The fourth-order valence-corrected chi connectivity index (χ4v) is 2.56. The maximum Gasteiger partial charge on any atom is 0.433 e. The smallest absolute Gasteiger partial charge is 0.330 e. The monoisotopic (exact) mass is 233 g/mol. The number of rotatable bonds is 2. The number of hydrogen-bond donors (Lipinski definition) is 2. The van der Waals surface area contributed by atoms with E-state index in [0.717, 1.165) is 0 Å². The van der Waals surface area contributed by atoms with E-state index in [0.29, 0.717) is 6.54 Å². The predicted molar refractivity (Wildman–Crippen MR) is 52.7 cm³/mol. The molecule has 0 spiro atoms. The van der Waals surface area contributed by atoms with Gasteiger partial charge in [-0.1, -0.05) is 13.8 Å². The Morgan fingerprint density at radius 1 is 1.50 bits per heavy atom. The molecule has 3 nitrogen and oxygen atoms in total. The van der Waals surface area contributed by atoms with E-state index in [1.54, 1.807) is 0 Å².